The number of aromatic nitrogens is 2. The highest BCUT2D eigenvalue weighted by molar-refractivity contribution is 5.81. The zero-order chi connectivity index (χ0) is 19.1. The molecule has 4 bridgehead atoms. The number of carbonyl (C=O) groups is 1. The van der Waals surface area contributed by atoms with Gasteiger partial charge in [-0.2, -0.15) is 0 Å². The summed E-state index contributed by atoms with van der Waals surface area (Å²) < 4.78 is 0. The van der Waals surface area contributed by atoms with Gasteiger partial charge >= 0.3 is 0 Å². The number of H-pyrrole nitrogens is 1. The molecule has 4 saturated carbocycles. The molecule has 6 rings (SSSR count). The van der Waals surface area contributed by atoms with E-state index < -0.39 is 6.04 Å². The summed E-state index contributed by atoms with van der Waals surface area (Å²) in [6, 6.07) is 9.34. The molecule has 0 saturated heterocycles. The van der Waals surface area contributed by atoms with Crippen LogP contribution in [0.1, 0.15) is 55.6 Å². The van der Waals surface area contributed by atoms with E-state index in [4.69, 9.17) is 10.7 Å². The van der Waals surface area contributed by atoms with Crippen molar-refractivity contribution in [3.8, 4) is 0 Å². The van der Waals surface area contributed by atoms with Crippen LogP contribution < -0.4 is 11.1 Å². The number of rotatable bonds is 6. The van der Waals surface area contributed by atoms with E-state index in [1.807, 2.05) is 36.5 Å². The lowest BCUT2D eigenvalue weighted by Crippen LogP contribution is -2.49. The van der Waals surface area contributed by atoms with Gasteiger partial charge in [-0.1, -0.05) is 30.3 Å². The number of aromatic amines is 1. The summed E-state index contributed by atoms with van der Waals surface area (Å²) in [5.41, 5.74) is 8.48. The lowest BCUT2D eigenvalue weighted by atomic mass is 9.49. The first-order valence-corrected chi connectivity index (χ1v) is 10.7. The number of nitrogens with two attached hydrogens (primary N) is 1. The summed E-state index contributed by atoms with van der Waals surface area (Å²) in [5, 5.41) is 2.94. The molecule has 1 aromatic heterocycles. The van der Waals surface area contributed by atoms with E-state index in [0.717, 1.165) is 34.8 Å². The van der Waals surface area contributed by atoms with Crippen molar-refractivity contribution in [3.63, 3.8) is 0 Å². The molecule has 4 aliphatic carbocycles. The molecule has 1 heterocycles. The summed E-state index contributed by atoms with van der Waals surface area (Å²) in [6.45, 7) is 0.509. The summed E-state index contributed by atoms with van der Waals surface area (Å²) >= 11 is 0. The van der Waals surface area contributed by atoms with E-state index in [2.05, 4.69) is 10.3 Å². The standard InChI is InChI=1S/C23H30N4O/c24-20(21(28)25-13-15-4-2-1-3-5-15)9-19-14-26-22(27-19)23-10-16-6-17(11-23)8-18(7-16)12-23/h1-5,14,16-18,20H,6-13,24H2,(H,25,28)(H,26,27)/t16?,17?,18?,20-,23?/m0/s1. The molecule has 5 nitrogen and oxygen atoms in total. The smallest absolute Gasteiger partial charge is 0.237 e. The van der Waals surface area contributed by atoms with Crippen LogP contribution in [-0.4, -0.2) is 21.9 Å². The summed E-state index contributed by atoms with van der Waals surface area (Å²) in [4.78, 5) is 20.7. The quantitative estimate of drug-likeness (QED) is 0.722. The largest absolute Gasteiger partial charge is 0.351 e. The molecule has 0 aliphatic heterocycles. The van der Waals surface area contributed by atoms with Gasteiger partial charge in [0.1, 0.15) is 5.82 Å². The molecule has 4 N–H and O–H groups in total. The molecule has 5 heteroatoms. The molecule has 28 heavy (non-hydrogen) atoms. The second-order valence-electron chi connectivity index (χ2n) is 9.47. The zero-order valence-electron chi connectivity index (χ0n) is 16.4. The maximum atomic E-state index is 12.4. The van der Waals surface area contributed by atoms with Crippen LogP contribution in [0, 0.1) is 17.8 Å². The molecule has 0 unspecified atom stereocenters. The fourth-order valence-corrected chi connectivity index (χ4v) is 6.38. The average Bonchev–Trinajstić information content (AvgIpc) is 3.15. The molecule has 1 aromatic carbocycles. The van der Waals surface area contributed by atoms with Crippen molar-refractivity contribution in [2.24, 2.45) is 23.5 Å². The number of hydrogen-bond acceptors (Lipinski definition) is 3. The average molecular weight is 379 g/mol. The highest BCUT2D eigenvalue weighted by Gasteiger charge is 2.52. The van der Waals surface area contributed by atoms with Crippen molar-refractivity contribution in [1.29, 1.82) is 0 Å². The number of hydrogen-bond donors (Lipinski definition) is 3. The molecular weight excluding hydrogens is 348 g/mol. The number of carbonyl (C=O) groups excluding carboxylic acids is 1. The number of nitrogens with one attached hydrogen (secondary N) is 2. The van der Waals surface area contributed by atoms with Gasteiger partial charge in [0.25, 0.3) is 0 Å². The minimum absolute atomic E-state index is 0.116. The lowest BCUT2D eigenvalue weighted by Gasteiger charge is -2.56. The SMILES string of the molecule is N[C@@H](Cc1cnc(C23CC4CC(CC(C4)C2)C3)[nH]1)C(=O)NCc1ccccc1. The Balaban J connectivity index is 1.21. The van der Waals surface area contributed by atoms with E-state index in [1.165, 1.54) is 38.5 Å². The van der Waals surface area contributed by atoms with Gasteiger partial charge in [-0.25, -0.2) is 4.98 Å². The third kappa shape index (κ3) is 3.37. The second-order valence-corrected chi connectivity index (χ2v) is 9.47. The Morgan fingerprint density at radius 1 is 1.14 bits per heavy atom. The van der Waals surface area contributed by atoms with Gasteiger partial charge in [-0.15, -0.1) is 0 Å². The van der Waals surface area contributed by atoms with E-state index >= 15 is 0 Å². The van der Waals surface area contributed by atoms with Crippen LogP contribution in [0.4, 0.5) is 0 Å². The fourth-order valence-electron chi connectivity index (χ4n) is 6.38. The first-order chi connectivity index (χ1) is 13.6. The van der Waals surface area contributed by atoms with Gasteiger partial charge in [-0.3, -0.25) is 4.79 Å². The maximum absolute atomic E-state index is 12.4. The van der Waals surface area contributed by atoms with Crippen LogP contribution in [0.25, 0.3) is 0 Å². The van der Waals surface area contributed by atoms with Gasteiger partial charge in [0.2, 0.25) is 5.91 Å². The van der Waals surface area contributed by atoms with Crippen LogP contribution in [0.15, 0.2) is 36.5 Å². The van der Waals surface area contributed by atoms with Crippen molar-refractivity contribution in [2.75, 3.05) is 0 Å². The third-order valence-corrected chi connectivity index (χ3v) is 7.26. The summed E-state index contributed by atoms with van der Waals surface area (Å²) in [6.07, 6.45) is 10.6. The Labute approximate surface area is 166 Å². The highest BCUT2D eigenvalue weighted by Crippen LogP contribution is 2.60. The Bertz CT molecular complexity index is 808. The van der Waals surface area contributed by atoms with Gasteiger partial charge in [0.15, 0.2) is 0 Å². The molecular formula is C23H30N4O. The van der Waals surface area contributed by atoms with Crippen LogP contribution in [0.2, 0.25) is 0 Å². The second kappa shape index (κ2) is 7.03. The van der Waals surface area contributed by atoms with Gasteiger partial charge in [-0.05, 0) is 61.8 Å². The fraction of sp³-hybridized carbons (Fsp3) is 0.565. The Morgan fingerprint density at radius 2 is 1.79 bits per heavy atom. The van der Waals surface area contributed by atoms with E-state index in [1.54, 1.807) is 0 Å². The van der Waals surface area contributed by atoms with Gasteiger partial charge in [0, 0.05) is 30.3 Å². The lowest BCUT2D eigenvalue weighted by molar-refractivity contribution is -0.122. The zero-order valence-corrected chi connectivity index (χ0v) is 16.4. The first-order valence-electron chi connectivity index (χ1n) is 10.7. The molecule has 4 fully saturated rings. The van der Waals surface area contributed by atoms with Crippen molar-refractivity contribution >= 4 is 5.91 Å². The first kappa shape index (κ1) is 17.9. The van der Waals surface area contributed by atoms with Gasteiger partial charge in [0.05, 0.1) is 6.04 Å². The molecule has 1 amide bonds. The topological polar surface area (TPSA) is 83.8 Å². The van der Waals surface area contributed by atoms with Crippen molar-refractivity contribution in [3.05, 3.63) is 53.6 Å². The normalized spacial score (nSPS) is 31.7. The van der Waals surface area contributed by atoms with Crippen molar-refractivity contribution in [2.45, 2.75) is 62.9 Å². The highest BCUT2D eigenvalue weighted by atomic mass is 16.2. The minimum Gasteiger partial charge on any atom is -0.351 e. The monoisotopic (exact) mass is 378 g/mol. The molecule has 4 aliphatic rings. The Kier molecular flexibility index (Phi) is 4.50. The van der Waals surface area contributed by atoms with Crippen LogP contribution >= 0.6 is 0 Å². The predicted octanol–water partition coefficient (Wildman–Crippen LogP) is 3.06. The Hall–Kier alpha value is -2.14. The number of amides is 1. The summed E-state index contributed by atoms with van der Waals surface area (Å²) in [5.74, 6) is 3.72. The molecule has 1 atom stereocenters. The molecule has 0 spiro atoms. The predicted molar refractivity (Wildman–Crippen MR) is 108 cm³/mol. The minimum atomic E-state index is -0.562. The molecule has 2 aromatic rings. The van der Waals surface area contributed by atoms with Crippen LogP contribution in [0.5, 0.6) is 0 Å². The summed E-state index contributed by atoms with van der Waals surface area (Å²) in [7, 11) is 0. The number of nitrogens with zero attached hydrogens (tertiary/aromatic N) is 1. The van der Waals surface area contributed by atoms with E-state index in [-0.39, 0.29) is 11.3 Å². The third-order valence-electron chi connectivity index (χ3n) is 7.26. The van der Waals surface area contributed by atoms with Gasteiger partial charge < -0.3 is 16.0 Å². The van der Waals surface area contributed by atoms with E-state index in [0.29, 0.717) is 13.0 Å². The van der Waals surface area contributed by atoms with Crippen molar-refractivity contribution in [1.82, 2.24) is 15.3 Å². The number of imidazole rings is 1. The van der Waals surface area contributed by atoms with Crippen LogP contribution in [0.3, 0.4) is 0 Å². The molecule has 0 radical (unpaired) electrons. The maximum Gasteiger partial charge on any atom is 0.237 e. The molecule has 148 valence electrons. The van der Waals surface area contributed by atoms with Crippen LogP contribution in [-0.2, 0) is 23.2 Å². The Morgan fingerprint density at radius 3 is 2.43 bits per heavy atom. The van der Waals surface area contributed by atoms with E-state index in [9.17, 15) is 4.79 Å². The number of benzene rings is 1. The van der Waals surface area contributed by atoms with Crippen molar-refractivity contribution < 1.29 is 4.79 Å².